The summed E-state index contributed by atoms with van der Waals surface area (Å²) in [7, 11) is -2.27. The number of anilines is 2. The van der Waals surface area contributed by atoms with Crippen molar-refractivity contribution in [2.75, 3.05) is 43.0 Å². The Balaban J connectivity index is 1.80. The SMILES string of the molecule is COc1ccc(C)cc1S(=O)(=O)Nc1ccc(N2CCOCC2)cc1. The van der Waals surface area contributed by atoms with Crippen LogP contribution in [0.2, 0.25) is 0 Å². The largest absolute Gasteiger partial charge is 0.495 e. The Bertz CT molecular complexity index is 829. The third kappa shape index (κ3) is 4.05. The molecule has 0 aliphatic carbocycles. The summed E-state index contributed by atoms with van der Waals surface area (Å²) in [6.45, 7) is 4.94. The molecule has 0 atom stereocenters. The zero-order chi connectivity index (χ0) is 17.9. The minimum absolute atomic E-state index is 0.132. The molecule has 1 aliphatic rings. The summed E-state index contributed by atoms with van der Waals surface area (Å²) in [5.41, 5.74) is 2.42. The average molecular weight is 362 g/mol. The summed E-state index contributed by atoms with van der Waals surface area (Å²) in [5.74, 6) is 0.322. The molecule has 1 N–H and O–H groups in total. The molecule has 0 bridgehead atoms. The summed E-state index contributed by atoms with van der Waals surface area (Å²) in [5, 5.41) is 0. The molecule has 0 saturated carbocycles. The van der Waals surface area contributed by atoms with Gasteiger partial charge in [0.15, 0.2) is 0 Å². The van der Waals surface area contributed by atoms with Crippen LogP contribution in [0.4, 0.5) is 11.4 Å². The van der Waals surface area contributed by atoms with Crippen molar-refractivity contribution < 1.29 is 17.9 Å². The second-order valence-corrected chi connectivity index (χ2v) is 7.56. The van der Waals surface area contributed by atoms with Gasteiger partial charge in [-0.3, -0.25) is 4.72 Å². The van der Waals surface area contributed by atoms with E-state index in [0.29, 0.717) is 24.7 Å². The van der Waals surface area contributed by atoms with E-state index in [9.17, 15) is 8.42 Å². The van der Waals surface area contributed by atoms with Crippen molar-refractivity contribution in [2.24, 2.45) is 0 Å². The first kappa shape index (κ1) is 17.6. The van der Waals surface area contributed by atoms with Gasteiger partial charge in [0.05, 0.1) is 20.3 Å². The summed E-state index contributed by atoms with van der Waals surface area (Å²) in [6, 6.07) is 12.4. The molecule has 0 aromatic heterocycles. The van der Waals surface area contributed by atoms with Crippen LogP contribution in [0.5, 0.6) is 5.75 Å². The van der Waals surface area contributed by atoms with E-state index in [1.54, 1.807) is 24.3 Å². The Morgan fingerprint density at radius 1 is 1.08 bits per heavy atom. The van der Waals surface area contributed by atoms with Crippen LogP contribution in [0, 0.1) is 6.92 Å². The molecule has 1 saturated heterocycles. The van der Waals surface area contributed by atoms with E-state index >= 15 is 0 Å². The molecule has 6 nitrogen and oxygen atoms in total. The number of morpholine rings is 1. The molecule has 1 fully saturated rings. The van der Waals surface area contributed by atoms with Gasteiger partial charge in [-0.1, -0.05) is 6.07 Å². The molecule has 3 rings (SSSR count). The first-order valence-corrected chi connectivity index (χ1v) is 9.58. The maximum atomic E-state index is 12.7. The first-order chi connectivity index (χ1) is 12.0. The number of nitrogens with zero attached hydrogens (tertiary/aromatic N) is 1. The topological polar surface area (TPSA) is 67.9 Å². The van der Waals surface area contributed by atoms with Gasteiger partial charge in [-0.05, 0) is 48.9 Å². The third-order valence-corrected chi connectivity index (χ3v) is 5.51. The van der Waals surface area contributed by atoms with Gasteiger partial charge < -0.3 is 14.4 Å². The van der Waals surface area contributed by atoms with Crippen molar-refractivity contribution in [2.45, 2.75) is 11.8 Å². The number of hydrogen-bond donors (Lipinski definition) is 1. The predicted octanol–water partition coefficient (Wildman–Crippen LogP) is 2.64. The van der Waals surface area contributed by atoms with Crippen LogP contribution >= 0.6 is 0 Å². The second kappa shape index (κ2) is 7.33. The Labute approximate surface area is 148 Å². The van der Waals surface area contributed by atoms with Gasteiger partial charge in [0.1, 0.15) is 10.6 Å². The van der Waals surface area contributed by atoms with Crippen LogP contribution in [0.3, 0.4) is 0 Å². The second-order valence-electron chi connectivity index (χ2n) is 5.91. The van der Waals surface area contributed by atoms with E-state index in [1.165, 1.54) is 7.11 Å². The maximum absolute atomic E-state index is 12.7. The molecule has 2 aromatic carbocycles. The highest BCUT2D eigenvalue weighted by Crippen LogP contribution is 2.27. The van der Waals surface area contributed by atoms with Crippen molar-refractivity contribution >= 4 is 21.4 Å². The number of methoxy groups -OCH3 is 1. The Morgan fingerprint density at radius 3 is 2.40 bits per heavy atom. The Hall–Kier alpha value is -2.25. The summed E-state index contributed by atoms with van der Waals surface area (Å²) in [6.07, 6.45) is 0. The molecule has 7 heteroatoms. The van der Waals surface area contributed by atoms with E-state index < -0.39 is 10.0 Å². The van der Waals surface area contributed by atoms with Crippen LogP contribution in [0.15, 0.2) is 47.4 Å². The fourth-order valence-corrected chi connectivity index (χ4v) is 4.08. The Kier molecular flexibility index (Phi) is 5.15. The summed E-state index contributed by atoms with van der Waals surface area (Å²) >= 11 is 0. The number of aryl methyl sites for hydroxylation is 1. The molecule has 1 aliphatic heterocycles. The third-order valence-electron chi connectivity index (χ3n) is 4.10. The van der Waals surface area contributed by atoms with Crippen LogP contribution < -0.4 is 14.4 Å². The number of sulfonamides is 1. The van der Waals surface area contributed by atoms with Crippen LogP contribution in [0.1, 0.15) is 5.56 Å². The fraction of sp³-hybridized carbons (Fsp3) is 0.333. The normalized spacial score (nSPS) is 15.0. The molecule has 0 amide bonds. The molecule has 0 radical (unpaired) electrons. The van der Waals surface area contributed by atoms with E-state index in [4.69, 9.17) is 9.47 Å². The lowest BCUT2D eigenvalue weighted by Crippen LogP contribution is -2.36. The highest BCUT2D eigenvalue weighted by atomic mass is 32.2. The van der Waals surface area contributed by atoms with Gasteiger partial charge in [-0.2, -0.15) is 0 Å². The summed E-state index contributed by atoms with van der Waals surface area (Å²) < 4.78 is 38.6. The molecule has 1 heterocycles. The molecule has 0 unspecified atom stereocenters. The zero-order valence-electron chi connectivity index (χ0n) is 14.4. The van der Waals surface area contributed by atoms with E-state index in [-0.39, 0.29) is 4.90 Å². The number of rotatable bonds is 5. The lowest BCUT2D eigenvalue weighted by atomic mass is 10.2. The first-order valence-electron chi connectivity index (χ1n) is 8.10. The zero-order valence-corrected chi connectivity index (χ0v) is 15.2. The smallest absolute Gasteiger partial charge is 0.265 e. The minimum atomic E-state index is -3.72. The number of nitrogens with one attached hydrogen (secondary N) is 1. The lowest BCUT2D eigenvalue weighted by molar-refractivity contribution is 0.122. The summed E-state index contributed by atoms with van der Waals surface area (Å²) in [4.78, 5) is 2.35. The van der Waals surface area contributed by atoms with Gasteiger partial charge in [-0.25, -0.2) is 8.42 Å². The number of ether oxygens (including phenoxy) is 2. The van der Waals surface area contributed by atoms with Gasteiger partial charge in [-0.15, -0.1) is 0 Å². The van der Waals surface area contributed by atoms with E-state index in [2.05, 4.69) is 9.62 Å². The van der Waals surface area contributed by atoms with Crippen LogP contribution in [-0.4, -0.2) is 41.8 Å². The minimum Gasteiger partial charge on any atom is -0.495 e. The van der Waals surface area contributed by atoms with Crippen molar-refractivity contribution in [1.29, 1.82) is 0 Å². The van der Waals surface area contributed by atoms with Crippen molar-refractivity contribution in [3.05, 3.63) is 48.0 Å². The quantitative estimate of drug-likeness (QED) is 0.886. The van der Waals surface area contributed by atoms with Crippen molar-refractivity contribution in [1.82, 2.24) is 0 Å². The van der Waals surface area contributed by atoms with Crippen LogP contribution in [0.25, 0.3) is 0 Å². The van der Waals surface area contributed by atoms with Gasteiger partial charge in [0, 0.05) is 24.5 Å². The Morgan fingerprint density at radius 2 is 1.76 bits per heavy atom. The monoisotopic (exact) mass is 362 g/mol. The molecule has 25 heavy (non-hydrogen) atoms. The van der Waals surface area contributed by atoms with E-state index in [1.807, 2.05) is 25.1 Å². The van der Waals surface area contributed by atoms with Crippen molar-refractivity contribution in [3.8, 4) is 5.75 Å². The highest BCUT2D eigenvalue weighted by Gasteiger charge is 2.20. The number of hydrogen-bond acceptors (Lipinski definition) is 5. The maximum Gasteiger partial charge on any atom is 0.265 e. The molecule has 134 valence electrons. The van der Waals surface area contributed by atoms with Crippen molar-refractivity contribution in [3.63, 3.8) is 0 Å². The lowest BCUT2D eigenvalue weighted by Gasteiger charge is -2.28. The van der Waals surface area contributed by atoms with Gasteiger partial charge in [0.25, 0.3) is 10.0 Å². The standard InChI is InChI=1S/C18H22N2O4S/c1-14-3-8-17(23-2)18(13-14)25(21,22)19-15-4-6-16(7-5-15)20-9-11-24-12-10-20/h3-8,13,19H,9-12H2,1-2H3. The fourth-order valence-electron chi connectivity index (χ4n) is 2.77. The molecule has 0 spiro atoms. The molecular formula is C18H22N2O4S. The molecule has 2 aromatic rings. The van der Waals surface area contributed by atoms with E-state index in [0.717, 1.165) is 24.3 Å². The van der Waals surface area contributed by atoms with Crippen LogP contribution in [-0.2, 0) is 14.8 Å². The predicted molar refractivity (Wildman–Crippen MR) is 98.0 cm³/mol. The highest BCUT2D eigenvalue weighted by molar-refractivity contribution is 7.92. The average Bonchev–Trinajstić information content (AvgIpc) is 2.63. The van der Waals surface area contributed by atoms with Gasteiger partial charge >= 0.3 is 0 Å². The number of benzene rings is 2. The molecular weight excluding hydrogens is 340 g/mol. The van der Waals surface area contributed by atoms with Gasteiger partial charge in [0.2, 0.25) is 0 Å².